The number of nitrogens with zero attached hydrogens (tertiary/aromatic N) is 3. The minimum absolute atomic E-state index is 0.152. The Morgan fingerprint density at radius 3 is 2.76 bits per heavy atom. The van der Waals surface area contributed by atoms with Crippen LogP contribution in [0.5, 0.6) is 0 Å². The van der Waals surface area contributed by atoms with Gasteiger partial charge in [-0.2, -0.15) is 0 Å². The third-order valence-electron chi connectivity index (χ3n) is 4.45. The smallest absolute Gasteiger partial charge is 0.321 e. The summed E-state index contributed by atoms with van der Waals surface area (Å²) < 4.78 is 10.4. The molecular formula is C21H17Cl2N5O4S. The molecule has 0 radical (unpaired) electrons. The number of thiazole rings is 1. The quantitative estimate of drug-likeness (QED) is 0.352. The van der Waals surface area contributed by atoms with Crippen molar-refractivity contribution in [3.63, 3.8) is 0 Å². The van der Waals surface area contributed by atoms with Gasteiger partial charge in [0.15, 0.2) is 16.6 Å². The Hall–Kier alpha value is -3.34. The Kier molecular flexibility index (Phi) is 6.97. The van der Waals surface area contributed by atoms with E-state index < -0.39 is 6.03 Å². The van der Waals surface area contributed by atoms with Crippen LogP contribution in [-0.2, 0) is 13.1 Å². The number of carbonyl (C=O) groups excluding carboxylic acids is 2. The van der Waals surface area contributed by atoms with Crippen LogP contribution < -0.4 is 10.6 Å². The molecule has 0 unspecified atom stereocenters. The van der Waals surface area contributed by atoms with Crippen molar-refractivity contribution in [1.29, 1.82) is 0 Å². The summed E-state index contributed by atoms with van der Waals surface area (Å²) in [6.07, 6.45) is 1.51. The van der Waals surface area contributed by atoms with Crippen molar-refractivity contribution in [3.05, 3.63) is 75.0 Å². The first-order chi connectivity index (χ1) is 15.9. The van der Waals surface area contributed by atoms with E-state index in [1.807, 2.05) is 0 Å². The molecule has 0 spiro atoms. The number of furan rings is 1. The van der Waals surface area contributed by atoms with Gasteiger partial charge >= 0.3 is 6.03 Å². The van der Waals surface area contributed by atoms with Gasteiger partial charge < -0.3 is 19.2 Å². The van der Waals surface area contributed by atoms with Crippen LogP contribution in [0.3, 0.4) is 0 Å². The van der Waals surface area contributed by atoms with Crippen LogP contribution in [0, 0.1) is 0 Å². The topological polar surface area (TPSA) is 114 Å². The molecule has 33 heavy (non-hydrogen) atoms. The van der Waals surface area contributed by atoms with Crippen LogP contribution in [0.2, 0.25) is 10.0 Å². The molecule has 0 aliphatic rings. The average molecular weight is 506 g/mol. The molecule has 0 aliphatic carbocycles. The molecular weight excluding hydrogens is 489 g/mol. The highest BCUT2D eigenvalue weighted by Gasteiger charge is 2.20. The zero-order valence-electron chi connectivity index (χ0n) is 17.2. The van der Waals surface area contributed by atoms with Gasteiger partial charge in [0, 0.05) is 25.0 Å². The van der Waals surface area contributed by atoms with E-state index in [4.69, 9.17) is 32.1 Å². The monoisotopic (exact) mass is 505 g/mol. The maximum absolute atomic E-state index is 12.6. The molecule has 4 aromatic rings. The van der Waals surface area contributed by atoms with E-state index in [1.54, 1.807) is 42.8 Å². The number of hydrogen-bond donors (Lipinski definition) is 2. The molecule has 0 aliphatic heterocycles. The summed E-state index contributed by atoms with van der Waals surface area (Å²) in [7, 11) is 1.62. The molecule has 2 N–H and O–H groups in total. The predicted octanol–water partition coefficient (Wildman–Crippen LogP) is 5.29. The summed E-state index contributed by atoms with van der Waals surface area (Å²) in [6, 6.07) is 9.65. The highest BCUT2D eigenvalue weighted by atomic mass is 35.5. The molecule has 3 amide bonds. The van der Waals surface area contributed by atoms with Crippen molar-refractivity contribution >= 4 is 51.6 Å². The van der Waals surface area contributed by atoms with E-state index in [9.17, 15) is 9.59 Å². The number of carbonyl (C=O) groups is 2. The number of anilines is 1. The molecule has 3 aromatic heterocycles. The van der Waals surface area contributed by atoms with E-state index in [0.717, 1.165) is 5.56 Å². The number of hydrogen-bond acceptors (Lipinski definition) is 7. The third kappa shape index (κ3) is 5.72. The predicted molar refractivity (Wildman–Crippen MR) is 124 cm³/mol. The fourth-order valence-corrected chi connectivity index (χ4v) is 3.85. The van der Waals surface area contributed by atoms with Crippen LogP contribution in [0.25, 0.3) is 11.5 Å². The number of urea groups is 1. The van der Waals surface area contributed by atoms with E-state index in [2.05, 4.69) is 20.8 Å². The van der Waals surface area contributed by atoms with Crippen molar-refractivity contribution < 1.29 is 18.5 Å². The highest BCUT2D eigenvalue weighted by Crippen LogP contribution is 2.23. The van der Waals surface area contributed by atoms with Gasteiger partial charge in [-0.3, -0.25) is 10.1 Å². The Morgan fingerprint density at radius 2 is 2.00 bits per heavy atom. The molecule has 170 valence electrons. The first-order valence-corrected chi connectivity index (χ1v) is 11.2. The number of aromatic nitrogens is 2. The van der Waals surface area contributed by atoms with Crippen molar-refractivity contribution in [2.75, 3.05) is 12.4 Å². The van der Waals surface area contributed by atoms with Crippen molar-refractivity contribution in [2.24, 2.45) is 0 Å². The van der Waals surface area contributed by atoms with Crippen LogP contribution in [0.15, 0.2) is 57.0 Å². The normalized spacial score (nSPS) is 10.8. The lowest BCUT2D eigenvalue weighted by atomic mass is 10.2. The maximum atomic E-state index is 12.6. The van der Waals surface area contributed by atoms with Gasteiger partial charge in [0.25, 0.3) is 5.91 Å². The molecule has 1 aromatic carbocycles. The zero-order valence-corrected chi connectivity index (χ0v) is 19.5. The molecule has 0 saturated carbocycles. The molecule has 0 saturated heterocycles. The van der Waals surface area contributed by atoms with E-state index in [1.165, 1.54) is 28.6 Å². The van der Waals surface area contributed by atoms with E-state index >= 15 is 0 Å². The van der Waals surface area contributed by atoms with Crippen LogP contribution in [-0.4, -0.2) is 34.0 Å². The second-order valence-corrected chi connectivity index (χ2v) is 8.59. The Bertz CT molecular complexity index is 1270. The van der Waals surface area contributed by atoms with Gasteiger partial charge in [0.2, 0.25) is 5.76 Å². The molecule has 12 heteroatoms. The number of nitrogens with one attached hydrogen (secondary N) is 2. The van der Waals surface area contributed by atoms with Gasteiger partial charge in [-0.15, -0.1) is 11.3 Å². The standard InChI is InChI=1S/C21H17Cl2N5O4S/c1-28(19(29)16-8-18(32-27-16)17-3-2-6-31-17)10-13-11-33-21(25-13)26-20(30)24-9-12-4-5-14(22)15(23)7-12/h2-8,11H,9-10H2,1H3,(H2,24,25,26,30). The summed E-state index contributed by atoms with van der Waals surface area (Å²) in [5, 5.41) is 12.2. The highest BCUT2D eigenvalue weighted by molar-refractivity contribution is 7.13. The van der Waals surface area contributed by atoms with E-state index in [-0.39, 0.29) is 24.7 Å². The van der Waals surface area contributed by atoms with Gasteiger partial charge in [-0.05, 0) is 29.8 Å². The summed E-state index contributed by atoms with van der Waals surface area (Å²) >= 11 is 13.1. The Labute approximate surface area is 202 Å². The second kappa shape index (κ2) is 10.1. The molecule has 4 rings (SSSR count). The maximum Gasteiger partial charge on any atom is 0.321 e. The summed E-state index contributed by atoms with van der Waals surface area (Å²) in [6.45, 7) is 0.501. The molecule has 0 atom stereocenters. The number of benzene rings is 1. The number of rotatable bonds is 7. The fraction of sp³-hybridized carbons (Fsp3) is 0.143. The Balaban J connectivity index is 1.29. The number of amides is 3. The van der Waals surface area contributed by atoms with Crippen LogP contribution in [0.1, 0.15) is 21.7 Å². The van der Waals surface area contributed by atoms with Gasteiger partial charge in [-0.25, -0.2) is 9.78 Å². The van der Waals surface area contributed by atoms with Gasteiger partial charge in [-0.1, -0.05) is 34.4 Å². The van der Waals surface area contributed by atoms with Crippen LogP contribution in [0.4, 0.5) is 9.93 Å². The first kappa shape index (κ1) is 22.8. The lowest BCUT2D eigenvalue weighted by Gasteiger charge is -2.13. The minimum Gasteiger partial charge on any atom is -0.461 e. The SMILES string of the molecule is CN(Cc1csc(NC(=O)NCc2ccc(Cl)c(Cl)c2)n1)C(=O)c1cc(-c2ccco2)on1. The minimum atomic E-state index is -0.417. The zero-order chi connectivity index (χ0) is 23.4. The summed E-state index contributed by atoms with van der Waals surface area (Å²) in [5.74, 6) is 0.513. The summed E-state index contributed by atoms with van der Waals surface area (Å²) in [4.78, 5) is 30.6. The van der Waals surface area contributed by atoms with Crippen molar-refractivity contribution in [1.82, 2.24) is 20.4 Å². The largest absolute Gasteiger partial charge is 0.461 e. The van der Waals surface area contributed by atoms with Gasteiger partial charge in [0.1, 0.15) is 0 Å². The summed E-state index contributed by atoms with van der Waals surface area (Å²) in [5.41, 5.74) is 1.58. The van der Waals surface area contributed by atoms with E-state index in [0.29, 0.717) is 32.4 Å². The van der Waals surface area contributed by atoms with Crippen molar-refractivity contribution in [2.45, 2.75) is 13.1 Å². The molecule has 9 nitrogen and oxygen atoms in total. The average Bonchev–Trinajstić information content (AvgIpc) is 3.56. The second-order valence-electron chi connectivity index (χ2n) is 6.92. The fourth-order valence-electron chi connectivity index (χ4n) is 2.83. The first-order valence-electron chi connectivity index (χ1n) is 9.58. The molecule has 0 fully saturated rings. The molecule has 0 bridgehead atoms. The number of halogens is 2. The molecule has 3 heterocycles. The third-order valence-corrected chi connectivity index (χ3v) is 5.99. The van der Waals surface area contributed by atoms with Crippen LogP contribution >= 0.6 is 34.5 Å². The lowest BCUT2D eigenvalue weighted by molar-refractivity contribution is 0.0773. The van der Waals surface area contributed by atoms with Crippen molar-refractivity contribution in [3.8, 4) is 11.5 Å². The Morgan fingerprint density at radius 1 is 1.15 bits per heavy atom. The lowest BCUT2D eigenvalue weighted by Crippen LogP contribution is -2.28. The van der Waals surface area contributed by atoms with Gasteiger partial charge in [0.05, 0.1) is 28.5 Å².